The number of ether oxygens (including phenoxy) is 2. The standard InChI is InChI=1S/C23H23N3O3S.C22H20FN3O3S/c1-2-30-22(27)15-29-20-7-5-16(6-8-20)21-13-17(3-4-18(21)14-24)23(28)26-19-9-11-25-12-10-19;23-14-30-21(27)13-29-19-5-3-15(4-6-19)20-11-16(1-2-17(20)12-24)22(28)26-18-7-9-25-10-8-18/h3-13H,2,14-15,24H2,1H3,(H,25,26,28);1-11H,12-14,24H2,(H,25,26,28). The number of amides is 2. The molecular weight excluding hydrogens is 804 g/mol. The van der Waals surface area contributed by atoms with Crippen LogP contribution in [0.3, 0.4) is 0 Å². The van der Waals surface area contributed by atoms with E-state index in [1.165, 1.54) is 11.8 Å². The average Bonchev–Trinajstić information content (AvgIpc) is 3.28. The fourth-order valence-corrected chi connectivity index (χ4v) is 6.39. The third kappa shape index (κ3) is 13.3. The summed E-state index contributed by atoms with van der Waals surface area (Å²) >= 11 is 1.82. The van der Waals surface area contributed by atoms with Crippen molar-refractivity contribution in [3.05, 3.63) is 156 Å². The van der Waals surface area contributed by atoms with Gasteiger partial charge in [0.1, 0.15) is 17.5 Å². The first-order valence-electron chi connectivity index (χ1n) is 18.6. The Bertz CT molecular complexity index is 2190. The number of carbonyl (C=O) groups is 4. The number of benzene rings is 4. The number of rotatable bonds is 16. The van der Waals surface area contributed by atoms with Crippen LogP contribution in [-0.2, 0) is 22.7 Å². The first-order valence-corrected chi connectivity index (χ1v) is 20.6. The highest BCUT2D eigenvalue weighted by atomic mass is 32.2. The summed E-state index contributed by atoms with van der Waals surface area (Å²) in [4.78, 5) is 56.1. The lowest BCUT2D eigenvalue weighted by Gasteiger charge is -2.12. The Morgan fingerprint density at radius 2 is 0.983 bits per heavy atom. The Hall–Kier alpha value is -6.39. The third-order valence-corrected chi connectivity index (χ3v) is 9.90. The van der Waals surface area contributed by atoms with Gasteiger partial charge in [-0.2, -0.15) is 0 Å². The molecule has 6 aromatic rings. The topological polar surface area (TPSA) is 189 Å². The third-order valence-electron chi connectivity index (χ3n) is 8.63. The summed E-state index contributed by atoms with van der Waals surface area (Å²) in [5, 5.41) is 5.31. The van der Waals surface area contributed by atoms with E-state index in [0.717, 1.165) is 39.1 Å². The molecule has 2 amide bonds. The highest BCUT2D eigenvalue weighted by Gasteiger charge is 2.14. The largest absolute Gasteiger partial charge is 0.485 e. The molecule has 2 heterocycles. The van der Waals surface area contributed by atoms with Crippen LogP contribution >= 0.6 is 23.5 Å². The summed E-state index contributed by atoms with van der Waals surface area (Å²) in [7, 11) is 0. The van der Waals surface area contributed by atoms with Crippen molar-refractivity contribution in [2.75, 3.05) is 35.6 Å². The van der Waals surface area contributed by atoms with Gasteiger partial charge < -0.3 is 31.6 Å². The molecule has 4 aromatic carbocycles. The smallest absolute Gasteiger partial charge is 0.255 e. The van der Waals surface area contributed by atoms with Crippen molar-refractivity contribution in [1.82, 2.24) is 9.97 Å². The van der Waals surface area contributed by atoms with Crippen LogP contribution < -0.4 is 31.6 Å². The molecule has 0 saturated carbocycles. The van der Waals surface area contributed by atoms with E-state index in [2.05, 4.69) is 20.6 Å². The van der Waals surface area contributed by atoms with Gasteiger partial charge in [0.2, 0.25) is 10.2 Å². The lowest BCUT2D eigenvalue weighted by Crippen LogP contribution is -2.12. The first-order chi connectivity index (χ1) is 29.2. The molecule has 15 heteroatoms. The number of hydrogen-bond acceptors (Lipinski definition) is 12. The first kappa shape index (κ1) is 44.7. The molecule has 0 spiro atoms. The van der Waals surface area contributed by atoms with Gasteiger partial charge in [0.05, 0.1) is 0 Å². The van der Waals surface area contributed by atoms with Crippen LogP contribution in [0, 0.1) is 0 Å². The van der Waals surface area contributed by atoms with Crippen LogP contribution in [-0.4, -0.2) is 57.0 Å². The Morgan fingerprint density at radius 3 is 1.35 bits per heavy atom. The molecule has 6 N–H and O–H groups in total. The molecular formula is C45H43FN6O6S2. The molecule has 0 atom stereocenters. The summed E-state index contributed by atoms with van der Waals surface area (Å²) in [6.07, 6.45) is 6.45. The number of carbonyl (C=O) groups excluding carboxylic acids is 4. The van der Waals surface area contributed by atoms with Gasteiger partial charge in [-0.05, 0) is 112 Å². The summed E-state index contributed by atoms with van der Waals surface area (Å²) in [6.45, 7) is 2.43. The molecule has 0 aliphatic rings. The van der Waals surface area contributed by atoms with Crippen LogP contribution in [0.5, 0.6) is 11.5 Å². The van der Waals surface area contributed by atoms with Gasteiger partial charge >= 0.3 is 0 Å². The van der Waals surface area contributed by atoms with E-state index in [9.17, 15) is 23.6 Å². The Morgan fingerprint density at radius 1 is 0.583 bits per heavy atom. The summed E-state index contributed by atoms with van der Waals surface area (Å²) < 4.78 is 23.0. The van der Waals surface area contributed by atoms with Crippen molar-refractivity contribution in [3.63, 3.8) is 0 Å². The molecule has 0 unspecified atom stereocenters. The maximum absolute atomic E-state index is 12.6. The molecule has 12 nitrogen and oxygen atoms in total. The Balaban J connectivity index is 0.000000228. The quantitative estimate of drug-likeness (QED) is 0.0733. The number of hydrogen-bond donors (Lipinski definition) is 4. The van der Waals surface area contributed by atoms with Crippen LogP contribution in [0.4, 0.5) is 15.8 Å². The highest BCUT2D eigenvalue weighted by molar-refractivity contribution is 8.13. The monoisotopic (exact) mass is 846 g/mol. The van der Waals surface area contributed by atoms with E-state index < -0.39 is 6.01 Å². The molecule has 0 radical (unpaired) electrons. The minimum absolute atomic E-state index is 0.0000876. The Kier molecular flexibility index (Phi) is 17.3. The molecule has 2 aromatic heterocycles. The number of nitrogens with zero attached hydrogens (tertiary/aromatic N) is 2. The van der Waals surface area contributed by atoms with Crippen molar-refractivity contribution < 1.29 is 33.0 Å². The Labute approximate surface area is 355 Å². The zero-order chi connectivity index (χ0) is 42.7. The minimum Gasteiger partial charge on any atom is -0.485 e. The van der Waals surface area contributed by atoms with E-state index in [4.69, 9.17) is 20.9 Å². The average molecular weight is 847 g/mol. The van der Waals surface area contributed by atoms with Gasteiger partial charge in [0, 0.05) is 60.4 Å². The second-order valence-corrected chi connectivity index (χ2v) is 14.9. The van der Waals surface area contributed by atoms with Crippen LogP contribution in [0.15, 0.2) is 134 Å². The van der Waals surface area contributed by atoms with Crippen molar-refractivity contribution in [2.45, 2.75) is 20.0 Å². The maximum atomic E-state index is 12.6. The number of halogens is 1. The molecule has 60 heavy (non-hydrogen) atoms. The molecule has 0 bridgehead atoms. The minimum atomic E-state index is -0.770. The van der Waals surface area contributed by atoms with E-state index in [0.29, 0.717) is 58.9 Å². The lowest BCUT2D eigenvalue weighted by atomic mass is 9.97. The van der Waals surface area contributed by atoms with Gasteiger partial charge in [0.15, 0.2) is 13.2 Å². The van der Waals surface area contributed by atoms with E-state index in [1.807, 2.05) is 61.5 Å². The summed E-state index contributed by atoms with van der Waals surface area (Å²) in [5.74, 6) is 1.39. The van der Waals surface area contributed by atoms with Gasteiger partial charge in [0.25, 0.3) is 11.8 Å². The molecule has 0 aliphatic heterocycles. The lowest BCUT2D eigenvalue weighted by molar-refractivity contribution is -0.113. The SMILES string of the molecule is CCSC(=O)COc1ccc(-c2cc(C(=O)Nc3ccncc3)ccc2CN)cc1.NCc1ccc(C(=O)Nc2ccncc2)cc1-c1ccc(OCC(=O)SCF)cc1. The number of pyridine rings is 2. The summed E-state index contributed by atoms with van der Waals surface area (Å²) in [6, 6.07) is 31.4. The van der Waals surface area contributed by atoms with Gasteiger partial charge in [-0.1, -0.05) is 66.8 Å². The predicted molar refractivity (Wildman–Crippen MR) is 237 cm³/mol. The van der Waals surface area contributed by atoms with E-state index >= 15 is 0 Å². The number of thioether (sulfide) groups is 2. The molecule has 6 rings (SSSR count). The predicted octanol–water partition coefficient (Wildman–Crippen LogP) is 8.14. The van der Waals surface area contributed by atoms with Gasteiger partial charge in [-0.15, -0.1) is 0 Å². The normalized spacial score (nSPS) is 10.5. The van der Waals surface area contributed by atoms with E-state index in [-0.39, 0.29) is 35.3 Å². The molecule has 0 saturated heterocycles. The van der Waals surface area contributed by atoms with Crippen LogP contribution in [0.2, 0.25) is 0 Å². The van der Waals surface area contributed by atoms with Crippen molar-refractivity contribution in [2.24, 2.45) is 11.5 Å². The van der Waals surface area contributed by atoms with Crippen molar-refractivity contribution in [3.8, 4) is 33.8 Å². The second-order valence-electron chi connectivity index (χ2n) is 12.6. The molecule has 308 valence electrons. The van der Waals surface area contributed by atoms with Crippen molar-refractivity contribution >= 4 is 56.9 Å². The number of aromatic nitrogens is 2. The number of nitrogens with two attached hydrogens (primary N) is 2. The number of anilines is 2. The fourth-order valence-electron chi connectivity index (χ4n) is 5.66. The molecule has 0 fully saturated rings. The fraction of sp³-hybridized carbons (Fsp3) is 0.156. The molecule has 0 aliphatic carbocycles. The van der Waals surface area contributed by atoms with Crippen LogP contribution in [0.25, 0.3) is 22.3 Å². The highest BCUT2D eigenvalue weighted by Crippen LogP contribution is 2.29. The van der Waals surface area contributed by atoms with Crippen LogP contribution in [0.1, 0.15) is 38.8 Å². The van der Waals surface area contributed by atoms with Crippen molar-refractivity contribution in [1.29, 1.82) is 0 Å². The summed E-state index contributed by atoms with van der Waals surface area (Å²) in [5.41, 5.74) is 19.4. The second kappa shape index (κ2) is 23.3. The zero-order valence-electron chi connectivity index (χ0n) is 32.6. The van der Waals surface area contributed by atoms with Gasteiger partial charge in [-0.3, -0.25) is 29.1 Å². The zero-order valence-corrected chi connectivity index (χ0v) is 34.3. The van der Waals surface area contributed by atoms with Gasteiger partial charge in [-0.25, -0.2) is 4.39 Å². The number of alkyl halides is 1. The number of nitrogens with one attached hydrogen (secondary N) is 2. The van der Waals surface area contributed by atoms with E-state index in [1.54, 1.807) is 79.4 Å². The maximum Gasteiger partial charge on any atom is 0.255 e.